The molecule has 1 aliphatic heterocycles. The number of nitriles is 1. The zero-order valence-corrected chi connectivity index (χ0v) is 13.8. The van der Waals surface area contributed by atoms with E-state index in [1.807, 2.05) is 30.3 Å². The number of carbonyl (C=O) groups excluding carboxylic acids is 1. The van der Waals surface area contributed by atoms with E-state index >= 15 is 0 Å². The monoisotopic (exact) mass is 363 g/mol. The van der Waals surface area contributed by atoms with E-state index in [1.54, 1.807) is 4.90 Å². The van der Waals surface area contributed by atoms with Crippen molar-refractivity contribution in [1.29, 1.82) is 5.26 Å². The summed E-state index contributed by atoms with van der Waals surface area (Å²) in [5.41, 5.74) is 1.33. The van der Waals surface area contributed by atoms with E-state index in [2.05, 4.69) is 21.2 Å². The number of amides is 1. The summed E-state index contributed by atoms with van der Waals surface area (Å²) in [4.78, 5) is 13.8. The van der Waals surface area contributed by atoms with Crippen molar-refractivity contribution in [3.63, 3.8) is 0 Å². The average molecular weight is 364 g/mol. The van der Waals surface area contributed by atoms with Gasteiger partial charge in [-0.3, -0.25) is 4.79 Å². The van der Waals surface area contributed by atoms with Gasteiger partial charge in [-0.05, 0) is 24.1 Å². The van der Waals surface area contributed by atoms with Gasteiger partial charge in [-0.1, -0.05) is 28.1 Å². The summed E-state index contributed by atoms with van der Waals surface area (Å²) < 4.78 is 6.25. The lowest BCUT2D eigenvalue weighted by Crippen LogP contribution is -2.41. The second kappa shape index (κ2) is 8.57. The van der Waals surface area contributed by atoms with Crippen LogP contribution in [0.2, 0.25) is 0 Å². The van der Waals surface area contributed by atoms with E-state index in [1.165, 1.54) is 11.8 Å². The topological polar surface area (TPSA) is 65.4 Å². The molecule has 0 radical (unpaired) electrons. The average Bonchev–Trinajstić information content (AvgIpc) is 2.57. The zero-order chi connectivity index (χ0) is 15.8. The summed E-state index contributed by atoms with van der Waals surface area (Å²) in [5, 5.41) is 12.2. The molecule has 1 N–H and O–H groups in total. The van der Waals surface area contributed by atoms with Gasteiger partial charge in [0, 0.05) is 30.3 Å². The van der Waals surface area contributed by atoms with Crippen LogP contribution in [0.5, 0.6) is 0 Å². The third kappa shape index (κ3) is 4.86. The van der Waals surface area contributed by atoms with Gasteiger partial charge in [0.2, 0.25) is 0 Å². The summed E-state index contributed by atoms with van der Waals surface area (Å²) in [6.45, 7) is 2.81. The SMILES string of the molecule is N#C/C(=C/NCCc1ccc(Br)cc1)C(=O)N1CCOCC1. The molecule has 0 atom stereocenters. The number of hydrogen-bond donors (Lipinski definition) is 1. The van der Waals surface area contributed by atoms with Crippen LogP contribution < -0.4 is 5.32 Å². The Labute approximate surface area is 138 Å². The van der Waals surface area contributed by atoms with E-state index in [0.717, 1.165) is 10.9 Å². The van der Waals surface area contributed by atoms with E-state index in [0.29, 0.717) is 32.8 Å². The van der Waals surface area contributed by atoms with Gasteiger partial charge in [0.1, 0.15) is 11.6 Å². The zero-order valence-electron chi connectivity index (χ0n) is 12.2. The molecule has 1 aromatic carbocycles. The predicted octanol–water partition coefficient (Wildman–Crippen LogP) is 1.85. The molecule has 0 aromatic heterocycles. The summed E-state index contributed by atoms with van der Waals surface area (Å²) in [7, 11) is 0. The second-order valence-electron chi connectivity index (χ2n) is 4.90. The van der Waals surface area contributed by atoms with E-state index in [9.17, 15) is 4.79 Å². The van der Waals surface area contributed by atoms with Gasteiger partial charge >= 0.3 is 0 Å². The Morgan fingerprint density at radius 2 is 2.05 bits per heavy atom. The highest BCUT2D eigenvalue weighted by Crippen LogP contribution is 2.10. The minimum absolute atomic E-state index is 0.137. The number of nitrogens with zero attached hydrogens (tertiary/aromatic N) is 2. The third-order valence-electron chi connectivity index (χ3n) is 3.37. The fourth-order valence-electron chi connectivity index (χ4n) is 2.12. The van der Waals surface area contributed by atoms with Crippen LogP contribution >= 0.6 is 15.9 Å². The summed E-state index contributed by atoms with van der Waals surface area (Å²) in [6.07, 6.45) is 2.34. The highest BCUT2D eigenvalue weighted by molar-refractivity contribution is 9.10. The standard InChI is InChI=1S/C16H18BrN3O2/c17-15-3-1-13(2-4-15)5-6-19-12-14(11-18)16(21)20-7-9-22-10-8-20/h1-4,12,19H,5-10H2/b14-12-. The first-order valence-electron chi connectivity index (χ1n) is 7.16. The van der Waals surface area contributed by atoms with Crippen LogP contribution in [-0.2, 0) is 16.0 Å². The van der Waals surface area contributed by atoms with Crippen LogP contribution in [0.25, 0.3) is 0 Å². The maximum atomic E-state index is 12.2. The number of ether oxygens (including phenoxy) is 1. The van der Waals surface area contributed by atoms with Gasteiger partial charge in [0.05, 0.1) is 13.2 Å². The highest BCUT2D eigenvalue weighted by atomic mass is 79.9. The number of benzene rings is 1. The molecule has 116 valence electrons. The Hall–Kier alpha value is -1.84. The Kier molecular flexibility index (Phi) is 6.44. The Bertz CT molecular complexity index is 572. The van der Waals surface area contributed by atoms with Crippen LogP contribution in [0.4, 0.5) is 0 Å². The maximum absolute atomic E-state index is 12.2. The molecule has 0 bridgehead atoms. The number of carbonyl (C=O) groups is 1. The predicted molar refractivity (Wildman–Crippen MR) is 86.9 cm³/mol. The largest absolute Gasteiger partial charge is 0.389 e. The molecular formula is C16H18BrN3O2. The van der Waals surface area contributed by atoms with Crippen molar-refractivity contribution in [3.8, 4) is 6.07 Å². The number of morpholine rings is 1. The quantitative estimate of drug-likeness (QED) is 0.492. The maximum Gasteiger partial charge on any atom is 0.266 e. The molecule has 0 aliphatic carbocycles. The number of rotatable bonds is 5. The lowest BCUT2D eigenvalue weighted by Gasteiger charge is -2.26. The lowest BCUT2D eigenvalue weighted by molar-refractivity contribution is -0.130. The molecule has 2 rings (SSSR count). The van der Waals surface area contributed by atoms with Crippen LogP contribution in [0, 0.1) is 11.3 Å². The van der Waals surface area contributed by atoms with Gasteiger partial charge in [0.15, 0.2) is 0 Å². The van der Waals surface area contributed by atoms with Gasteiger partial charge in [-0.2, -0.15) is 5.26 Å². The van der Waals surface area contributed by atoms with Crippen molar-refractivity contribution >= 4 is 21.8 Å². The van der Waals surface area contributed by atoms with Gasteiger partial charge < -0.3 is 15.0 Å². The van der Waals surface area contributed by atoms with Gasteiger partial charge in [-0.15, -0.1) is 0 Å². The van der Waals surface area contributed by atoms with Crippen molar-refractivity contribution in [2.45, 2.75) is 6.42 Å². The first-order valence-corrected chi connectivity index (χ1v) is 7.95. The van der Waals surface area contributed by atoms with Gasteiger partial charge in [-0.25, -0.2) is 0 Å². The normalized spacial score (nSPS) is 15.3. The van der Waals surface area contributed by atoms with Crippen molar-refractivity contribution in [3.05, 3.63) is 46.1 Å². The Balaban J connectivity index is 1.83. The fraction of sp³-hybridized carbons (Fsp3) is 0.375. The third-order valence-corrected chi connectivity index (χ3v) is 3.90. The smallest absolute Gasteiger partial charge is 0.266 e. The van der Waals surface area contributed by atoms with Crippen molar-refractivity contribution < 1.29 is 9.53 Å². The number of nitrogens with one attached hydrogen (secondary N) is 1. The van der Waals surface area contributed by atoms with Crippen molar-refractivity contribution in [2.75, 3.05) is 32.8 Å². The molecular weight excluding hydrogens is 346 g/mol. The first kappa shape index (κ1) is 16.5. The molecule has 1 amide bonds. The summed E-state index contributed by atoms with van der Waals surface area (Å²) >= 11 is 3.40. The van der Waals surface area contributed by atoms with Crippen molar-refractivity contribution in [1.82, 2.24) is 10.2 Å². The second-order valence-corrected chi connectivity index (χ2v) is 5.82. The summed E-state index contributed by atoms with van der Waals surface area (Å²) in [6, 6.07) is 10.0. The molecule has 1 saturated heterocycles. The molecule has 1 aromatic rings. The van der Waals surface area contributed by atoms with Gasteiger partial charge in [0.25, 0.3) is 5.91 Å². The van der Waals surface area contributed by atoms with E-state index < -0.39 is 0 Å². The first-order chi connectivity index (χ1) is 10.7. The molecule has 1 heterocycles. The fourth-order valence-corrected chi connectivity index (χ4v) is 2.38. The number of halogens is 1. The molecule has 0 spiro atoms. The molecule has 6 heteroatoms. The highest BCUT2D eigenvalue weighted by Gasteiger charge is 2.20. The molecule has 1 aliphatic rings. The van der Waals surface area contributed by atoms with Crippen LogP contribution in [0.1, 0.15) is 5.56 Å². The molecule has 5 nitrogen and oxygen atoms in total. The minimum Gasteiger partial charge on any atom is -0.389 e. The van der Waals surface area contributed by atoms with Crippen LogP contribution in [-0.4, -0.2) is 43.7 Å². The summed E-state index contributed by atoms with van der Waals surface area (Å²) in [5.74, 6) is -0.234. The number of hydrogen-bond acceptors (Lipinski definition) is 4. The van der Waals surface area contributed by atoms with Crippen LogP contribution in [0.3, 0.4) is 0 Å². The van der Waals surface area contributed by atoms with E-state index in [4.69, 9.17) is 10.00 Å². The van der Waals surface area contributed by atoms with Crippen LogP contribution in [0.15, 0.2) is 40.5 Å². The molecule has 0 unspecified atom stereocenters. The lowest BCUT2D eigenvalue weighted by atomic mass is 10.1. The molecule has 0 saturated carbocycles. The molecule has 1 fully saturated rings. The minimum atomic E-state index is -0.234. The van der Waals surface area contributed by atoms with E-state index in [-0.39, 0.29) is 11.5 Å². The van der Waals surface area contributed by atoms with Crippen molar-refractivity contribution in [2.24, 2.45) is 0 Å². The Morgan fingerprint density at radius 1 is 1.36 bits per heavy atom. The Morgan fingerprint density at radius 3 is 2.68 bits per heavy atom. The molecule has 22 heavy (non-hydrogen) atoms.